The van der Waals surface area contributed by atoms with Gasteiger partial charge in [-0.1, -0.05) is 47.5 Å². The van der Waals surface area contributed by atoms with Crippen LogP contribution in [0.3, 0.4) is 0 Å². The van der Waals surface area contributed by atoms with Gasteiger partial charge < -0.3 is 5.32 Å². The van der Waals surface area contributed by atoms with Crippen LogP contribution < -0.4 is 5.32 Å². The molecule has 0 aromatic heterocycles. The summed E-state index contributed by atoms with van der Waals surface area (Å²) in [5.74, 6) is 0.0589. The minimum absolute atomic E-state index is 0.0269. The predicted molar refractivity (Wildman–Crippen MR) is 111 cm³/mol. The van der Waals surface area contributed by atoms with Crippen LogP contribution in [0.2, 0.25) is 10.0 Å². The summed E-state index contributed by atoms with van der Waals surface area (Å²) in [5.41, 5.74) is 2.32. The summed E-state index contributed by atoms with van der Waals surface area (Å²) in [5, 5.41) is 4.54. The number of nitrogens with one attached hydrogen (secondary N) is 1. The van der Waals surface area contributed by atoms with Crippen molar-refractivity contribution in [3.63, 3.8) is 0 Å². The number of carbonyl (C=O) groups excluding carboxylic acids is 1. The second kappa shape index (κ2) is 9.56. The van der Waals surface area contributed by atoms with Gasteiger partial charge in [0.2, 0.25) is 5.91 Å². The Kier molecular flexibility index (Phi) is 7.13. The number of rotatable bonds is 6. The summed E-state index contributed by atoms with van der Waals surface area (Å²) in [6.45, 7) is 7.07. The van der Waals surface area contributed by atoms with Crippen LogP contribution in [0.1, 0.15) is 24.1 Å². The summed E-state index contributed by atoms with van der Waals surface area (Å²) in [4.78, 5) is 17.0. The molecule has 3 rings (SSSR count). The largest absolute Gasteiger partial charge is 0.348 e. The van der Waals surface area contributed by atoms with Crippen LogP contribution in [0, 0.1) is 0 Å². The van der Waals surface area contributed by atoms with Crippen molar-refractivity contribution < 1.29 is 4.79 Å². The van der Waals surface area contributed by atoms with E-state index in [1.807, 2.05) is 43.3 Å². The SMILES string of the molecule is C[C@@H](NC(=O)CN1CCN(Cc2ccc(Cl)cc2)CC1)c1ccc(Cl)cc1. The van der Waals surface area contributed by atoms with Crippen LogP contribution >= 0.6 is 23.2 Å². The minimum Gasteiger partial charge on any atom is -0.348 e. The lowest BCUT2D eigenvalue weighted by Crippen LogP contribution is -2.49. The molecule has 27 heavy (non-hydrogen) atoms. The molecule has 1 saturated heterocycles. The second-order valence-corrected chi connectivity index (χ2v) is 7.89. The number of hydrogen-bond acceptors (Lipinski definition) is 3. The van der Waals surface area contributed by atoms with Gasteiger partial charge in [-0.15, -0.1) is 0 Å². The number of benzene rings is 2. The van der Waals surface area contributed by atoms with Gasteiger partial charge in [0.25, 0.3) is 0 Å². The van der Waals surface area contributed by atoms with Gasteiger partial charge in [-0.2, -0.15) is 0 Å². The van der Waals surface area contributed by atoms with Gasteiger partial charge in [-0.3, -0.25) is 14.6 Å². The van der Waals surface area contributed by atoms with Crippen LogP contribution in [0.4, 0.5) is 0 Å². The summed E-state index contributed by atoms with van der Waals surface area (Å²) in [6, 6.07) is 15.6. The molecule has 0 aliphatic carbocycles. The number of amides is 1. The maximum absolute atomic E-state index is 12.4. The third kappa shape index (κ3) is 6.22. The highest BCUT2D eigenvalue weighted by atomic mass is 35.5. The van der Waals surface area contributed by atoms with Crippen molar-refractivity contribution in [3.05, 3.63) is 69.7 Å². The van der Waals surface area contributed by atoms with E-state index in [1.165, 1.54) is 5.56 Å². The Balaban J connectivity index is 1.41. The first-order valence-corrected chi connectivity index (χ1v) is 9.99. The quantitative estimate of drug-likeness (QED) is 0.788. The van der Waals surface area contributed by atoms with Crippen molar-refractivity contribution in [2.75, 3.05) is 32.7 Å². The van der Waals surface area contributed by atoms with E-state index in [0.717, 1.165) is 43.3 Å². The van der Waals surface area contributed by atoms with Gasteiger partial charge in [0.1, 0.15) is 0 Å². The van der Waals surface area contributed by atoms with Crippen molar-refractivity contribution in [2.45, 2.75) is 19.5 Å². The van der Waals surface area contributed by atoms with E-state index in [9.17, 15) is 4.79 Å². The van der Waals surface area contributed by atoms with Gasteiger partial charge in [-0.25, -0.2) is 0 Å². The number of piperazine rings is 1. The fourth-order valence-corrected chi connectivity index (χ4v) is 3.53. The molecule has 4 nitrogen and oxygen atoms in total. The zero-order valence-corrected chi connectivity index (χ0v) is 17.0. The van der Waals surface area contributed by atoms with Crippen molar-refractivity contribution in [1.29, 1.82) is 0 Å². The first-order chi connectivity index (χ1) is 13.0. The molecule has 0 spiro atoms. The summed E-state index contributed by atoms with van der Waals surface area (Å²) in [6.07, 6.45) is 0. The standard InChI is InChI=1S/C21H25Cl2N3O/c1-16(18-4-8-20(23)9-5-18)24-21(27)15-26-12-10-25(11-13-26)14-17-2-6-19(22)7-3-17/h2-9,16H,10-15H2,1H3,(H,24,27)/t16-/m1/s1. The molecule has 0 bridgehead atoms. The zero-order chi connectivity index (χ0) is 19.2. The maximum atomic E-state index is 12.4. The lowest BCUT2D eigenvalue weighted by molar-refractivity contribution is -0.123. The van der Waals surface area contributed by atoms with Crippen LogP contribution in [0.15, 0.2) is 48.5 Å². The van der Waals surface area contributed by atoms with E-state index in [2.05, 4.69) is 27.2 Å². The van der Waals surface area contributed by atoms with Crippen LogP contribution in [-0.4, -0.2) is 48.4 Å². The van der Waals surface area contributed by atoms with E-state index in [4.69, 9.17) is 23.2 Å². The van der Waals surface area contributed by atoms with Crippen LogP contribution in [-0.2, 0) is 11.3 Å². The fourth-order valence-electron chi connectivity index (χ4n) is 3.28. The Morgan fingerprint density at radius 3 is 2.04 bits per heavy atom. The molecule has 0 radical (unpaired) electrons. The van der Waals surface area contributed by atoms with Gasteiger partial charge >= 0.3 is 0 Å². The molecule has 1 aliphatic rings. The lowest BCUT2D eigenvalue weighted by Gasteiger charge is -2.34. The molecule has 1 amide bonds. The van der Waals surface area contributed by atoms with Crippen molar-refractivity contribution >= 4 is 29.1 Å². The third-order valence-corrected chi connectivity index (χ3v) is 5.40. The highest BCUT2D eigenvalue weighted by Gasteiger charge is 2.20. The van der Waals surface area contributed by atoms with E-state index in [-0.39, 0.29) is 11.9 Å². The molecule has 1 atom stereocenters. The van der Waals surface area contributed by atoms with Crippen molar-refractivity contribution in [2.24, 2.45) is 0 Å². The highest BCUT2D eigenvalue weighted by molar-refractivity contribution is 6.30. The number of halogens is 2. The van der Waals surface area contributed by atoms with E-state index >= 15 is 0 Å². The zero-order valence-electron chi connectivity index (χ0n) is 15.5. The van der Waals surface area contributed by atoms with Crippen LogP contribution in [0.5, 0.6) is 0 Å². The predicted octanol–water partition coefficient (Wildman–Crippen LogP) is 3.99. The van der Waals surface area contributed by atoms with Crippen molar-refractivity contribution in [3.8, 4) is 0 Å². The molecule has 0 unspecified atom stereocenters. The monoisotopic (exact) mass is 405 g/mol. The molecule has 1 aliphatic heterocycles. The normalized spacial score (nSPS) is 16.9. The third-order valence-electron chi connectivity index (χ3n) is 4.90. The average Bonchev–Trinajstić information content (AvgIpc) is 2.65. The molecular weight excluding hydrogens is 381 g/mol. The second-order valence-electron chi connectivity index (χ2n) is 7.02. The van der Waals surface area contributed by atoms with Gasteiger partial charge in [0.15, 0.2) is 0 Å². The van der Waals surface area contributed by atoms with Crippen LogP contribution in [0.25, 0.3) is 0 Å². The summed E-state index contributed by atoms with van der Waals surface area (Å²) < 4.78 is 0. The first kappa shape index (κ1) is 20.2. The summed E-state index contributed by atoms with van der Waals surface area (Å²) in [7, 11) is 0. The van der Waals surface area contributed by atoms with E-state index in [1.54, 1.807) is 0 Å². The topological polar surface area (TPSA) is 35.6 Å². The molecule has 2 aromatic carbocycles. The highest BCUT2D eigenvalue weighted by Crippen LogP contribution is 2.16. The fraction of sp³-hybridized carbons (Fsp3) is 0.381. The number of nitrogens with zero attached hydrogens (tertiary/aromatic N) is 2. The Morgan fingerprint density at radius 1 is 0.926 bits per heavy atom. The first-order valence-electron chi connectivity index (χ1n) is 9.23. The lowest BCUT2D eigenvalue weighted by atomic mass is 10.1. The average molecular weight is 406 g/mol. The Labute approximate surface area is 171 Å². The van der Waals surface area contributed by atoms with Gasteiger partial charge in [0.05, 0.1) is 12.6 Å². The molecule has 2 aromatic rings. The Hall–Kier alpha value is -1.59. The Bertz CT molecular complexity index is 741. The minimum atomic E-state index is -0.0269. The van der Waals surface area contributed by atoms with E-state index < -0.39 is 0 Å². The van der Waals surface area contributed by atoms with Gasteiger partial charge in [-0.05, 0) is 42.3 Å². The molecule has 1 N–H and O–H groups in total. The molecule has 0 saturated carbocycles. The molecule has 144 valence electrons. The molecule has 1 fully saturated rings. The molecule has 1 heterocycles. The van der Waals surface area contributed by atoms with Gasteiger partial charge in [0, 0.05) is 42.8 Å². The summed E-state index contributed by atoms with van der Waals surface area (Å²) >= 11 is 11.9. The molecule has 6 heteroatoms. The Morgan fingerprint density at radius 2 is 1.44 bits per heavy atom. The smallest absolute Gasteiger partial charge is 0.234 e. The maximum Gasteiger partial charge on any atom is 0.234 e. The number of carbonyl (C=O) groups is 1. The van der Waals surface area contributed by atoms with Crippen molar-refractivity contribution in [1.82, 2.24) is 15.1 Å². The molecular formula is C21H25Cl2N3O. The van der Waals surface area contributed by atoms with E-state index in [0.29, 0.717) is 11.6 Å². The number of hydrogen-bond donors (Lipinski definition) is 1.